The summed E-state index contributed by atoms with van der Waals surface area (Å²) in [5.74, 6) is 1.55. The lowest BCUT2D eigenvalue weighted by Crippen LogP contribution is -2.50. The maximum atomic E-state index is 14.2. The van der Waals surface area contributed by atoms with Crippen LogP contribution in [0.2, 0.25) is 0 Å². The number of halogens is 1. The molecule has 0 unspecified atom stereocenters. The molecule has 7 heteroatoms. The van der Waals surface area contributed by atoms with E-state index in [2.05, 4.69) is 15.9 Å². The van der Waals surface area contributed by atoms with Crippen molar-refractivity contribution in [3.63, 3.8) is 0 Å². The number of para-hydroxylation sites is 2. The monoisotopic (exact) mass is 415 g/mol. The Hall–Kier alpha value is -2.25. The fourth-order valence-corrected chi connectivity index (χ4v) is 5.28. The predicted molar refractivity (Wildman–Crippen MR) is 115 cm³/mol. The van der Waals surface area contributed by atoms with Crippen LogP contribution in [0.1, 0.15) is 10.9 Å². The molecule has 1 atom stereocenters. The van der Waals surface area contributed by atoms with Gasteiger partial charge in [0, 0.05) is 44.0 Å². The summed E-state index contributed by atoms with van der Waals surface area (Å²) in [5, 5.41) is -0.224. The van der Waals surface area contributed by atoms with Crippen molar-refractivity contribution in [3.05, 3.63) is 59.9 Å². The van der Waals surface area contributed by atoms with Crippen LogP contribution in [0, 0.1) is 5.82 Å². The first kappa shape index (κ1) is 20.0. The Morgan fingerprint density at radius 3 is 2.55 bits per heavy atom. The maximum Gasteiger partial charge on any atom is 0.237 e. The van der Waals surface area contributed by atoms with E-state index < -0.39 is 0 Å². The third-order valence-electron chi connectivity index (χ3n) is 5.54. The minimum Gasteiger partial charge on any atom is -0.495 e. The van der Waals surface area contributed by atoms with E-state index in [4.69, 9.17) is 4.74 Å². The van der Waals surface area contributed by atoms with Crippen LogP contribution < -0.4 is 9.64 Å². The van der Waals surface area contributed by atoms with Crippen molar-refractivity contribution >= 4 is 23.4 Å². The standard InChI is InChI=1S/C22H26FN3O2S/c1-28-20-9-5-4-8-19(20)25-12-10-24(11-13-25)16-21(27)26-14-15-29-22(26)17-6-2-3-7-18(17)23/h2-9,22H,10-16H2,1H3/t22-/m1/s1. The molecule has 0 saturated carbocycles. The van der Waals surface area contributed by atoms with Gasteiger partial charge in [0.15, 0.2) is 0 Å². The van der Waals surface area contributed by atoms with Crippen LogP contribution in [0.4, 0.5) is 10.1 Å². The van der Waals surface area contributed by atoms with Crippen molar-refractivity contribution in [3.8, 4) is 5.75 Å². The number of amides is 1. The van der Waals surface area contributed by atoms with E-state index in [1.807, 2.05) is 29.2 Å². The Labute approximate surface area is 175 Å². The number of rotatable bonds is 5. The molecule has 29 heavy (non-hydrogen) atoms. The Morgan fingerprint density at radius 1 is 1.07 bits per heavy atom. The normalized spacial score (nSPS) is 20.1. The Bertz CT molecular complexity index is 857. The molecular weight excluding hydrogens is 389 g/mol. The average molecular weight is 416 g/mol. The minimum absolute atomic E-state index is 0.0778. The summed E-state index contributed by atoms with van der Waals surface area (Å²) in [6, 6.07) is 14.8. The second kappa shape index (κ2) is 9.05. The van der Waals surface area contributed by atoms with Gasteiger partial charge in [-0.05, 0) is 18.2 Å². The molecule has 1 amide bonds. The van der Waals surface area contributed by atoms with Crippen molar-refractivity contribution in [2.45, 2.75) is 5.37 Å². The Kier molecular flexibility index (Phi) is 6.25. The van der Waals surface area contributed by atoms with E-state index in [0.29, 0.717) is 18.7 Å². The molecule has 2 fully saturated rings. The Balaban J connectivity index is 1.36. The maximum absolute atomic E-state index is 14.2. The third kappa shape index (κ3) is 4.36. The summed E-state index contributed by atoms with van der Waals surface area (Å²) in [7, 11) is 1.69. The van der Waals surface area contributed by atoms with Gasteiger partial charge in [-0.2, -0.15) is 0 Å². The molecule has 2 aliphatic heterocycles. The number of carbonyl (C=O) groups is 1. The van der Waals surface area contributed by atoms with E-state index in [1.54, 1.807) is 31.0 Å². The number of anilines is 1. The zero-order valence-corrected chi connectivity index (χ0v) is 17.4. The van der Waals surface area contributed by atoms with Gasteiger partial charge in [0.05, 0.1) is 19.3 Å². The molecule has 0 N–H and O–H groups in total. The molecular formula is C22H26FN3O2S. The molecule has 154 valence electrons. The number of hydrogen-bond donors (Lipinski definition) is 0. The molecule has 2 saturated heterocycles. The molecule has 2 aromatic rings. The molecule has 2 aromatic carbocycles. The average Bonchev–Trinajstić information content (AvgIpc) is 3.24. The second-order valence-corrected chi connectivity index (χ2v) is 8.45. The smallest absolute Gasteiger partial charge is 0.237 e. The largest absolute Gasteiger partial charge is 0.495 e. The summed E-state index contributed by atoms with van der Waals surface area (Å²) in [6.45, 7) is 4.37. The zero-order valence-electron chi connectivity index (χ0n) is 16.6. The topological polar surface area (TPSA) is 36.0 Å². The summed E-state index contributed by atoms with van der Waals surface area (Å²) in [5.41, 5.74) is 1.70. The van der Waals surface area contributed by atoms with Crippen LogP contribution in [-0.2, 0) is 4.79 Å². The number of methoxy groups -OCH3 is 1. The lowest BCUT2D eigenvalue weighted by Gasteiger charge is -2.37. The van der Waals surface area contributed by atoms with Crippen molar-refractivity contribution in [2.75, 3.05) is 57.0 Å². The Morgan fingerprint density at radius 2 is 1.79 bits per heavy atom. The van der Waals surface area contributed by atoms with Gasteiger partial charge < -0.3 is 14.5 Å². The van der Waals surface area contributed by atoms with E-state index >= 15 is 0 Å². The number of nitrogens with zero attached hydrogens (tertiary/aromatic N) is 3. The fraction of sp³-hybridized carbons (Fsp3) is 0.409. The highest BCUT2D eigenvalue weighted by Crippen LogP contribution is 2.39. The summed E-state index contributed by atoms with van der Waals surface area (Å²) in [4.78, 5) is 19.3. The molecule has 2 aliphatic rings. The van der Waals surface area contributed by atoms with Gasteiger partial charge in [-0.15, -0.1) is 11.8 Å². The third-order valence-corrected chi connectivity index (χ3v) is 6.78. The van der Waals surface area contributed by atoms with Crippen LogP contribution in [0.25, 0.3) is 0 Å². The SMILES string of the molecule is COc1ccccc1N1CCN(CC(=O)N2CCS[C@@H]2c2ccccc2F)CC1. The van der Waals surface area contributed by atoms with Gasteiger partial charge in [-0.3, -0.25) is 9.69 Å². The van der Waals surface area contributed by atoms with Crippen LogP contribution >= 0.6 is 11.8 Å². The van der Waals surface area contributed by atoms with Gasteiger partial charge in [0.2, 0.25) is 5.91 Å². The molecule has 0 aromatic heterocycles. The van der Waals surface area contributed by atoms with Crippen molar-refractivity contribution in [2.24, 2.45) is 0 Å². The second-order valence-electron chi connectivity index (χ2n) is 7.27. The van der Waals surface area contributed by atoms with Gasteiger partial charge >= 0.3 is 0 Å². The first-order valence-corrected chi connectivity index (χ1v) is 11.0. The predicted octanol–water partition coefficient (Wildman–Crippen LogP) is 3.23. The first-order chi connectivity index (χ1) is 14.2. The summed E-state index contributed by atoms with van der Waals surface area (Å²) in [6.07, 6.45) is 0. The first-order valence-electron chi connectivity index (χ1n) is 9.93. The van der Waals surface area contributed by atoms with Crippen LogP contribution in [0.3, 0.4) is 0 Å². The quantitative estimate of drug-likeness (QED) is 0.749. The van der Waals surface area contributed by atoms with Crippen LogP contribution in [0.5, 0.6) is 5.75 Å². The minimum atomic E-state index is -0.241. The number of carbonyl (C=O) groups excluding carboxylic acids is 1. The number of thioether (sulfide) groups is 1. The van der Waals surface area contributed by atoms with Gasteiger partial charge in [-0.25, -0.2) is 4.39 Å². The van der Waals surface area contributed by atoms with Gasteiger partial charge in [0.1, 0.15) is 16.9 Å². The number of piperazine rings is 1. The molecule has 2 heterocycles. The molecule has 4 rings (SSSR count). The lowest BCUT2D eigenvalue weighted by atomic mass is 10.2. The van der Waals surface area contributed by atoms with Gasteiger partial charge in [0.25, 0.3) is 0 Å². The highest BCUT2D eigenvalue weighted by atomic mass is 32.2. The number of ether oxygens (including phenoxy) is 1. The van der Waals surface area contributed by atoms with Crippen molar-refractivity contribution in [1.82, 2.24) is 9.80 Å². The van der Waals surface area contributed by atoms with Gasteiger partial charge in [-0.1, -0.05) is 30.3 Å². The number of benzene rings is 2. The highest BCUT2D eigenvalue weighted by Gasteiger charge is 2.33. The number of hydrogen-bond acceptors (Lipinski definition) is 5. The van der Waals surface area contributed by atoms with Crippen molar-refractivity contribution in [1.29, 1.82) is 0 Å². The summed E-state index contributed by atoms with van der Waals surface area (Å²) >= 11 is 1.63. The highest BCUT2D eigenvalue weighted by molar-refractivity contribution is 7.99. The van der Waals surface area contributed by atoms with E-state index in [9.17, 15) is 9.18 Å². The molecule has 0 radical (unpaired) electrons. The molecule has 0 aliphatic carbocycles. The zero-order chi connectivity index (χ0) is 20.2. The lowest BCUT2D eigenvalue weighted by molar-refractivity contribution is -0.132. The van der Waals surface area contributed by atoms with Crippen molar-refractivity contribution < 1.29 is 13.9 Å². The summed E-state index contributed by atoms with van der Waals surface area (Å²) < 4.78 is 19.7. The van der Waals surface area contributed by atoms with E-state index in [0.717, 1.165) is 43.4 Å². The molecule has 0 spiro atoms. The van der Waals surface area contributed by atoms with Crippen LogP contribution in [-0.4, -0.2) is 67.8 Å². The van der Waals surface area contributed by atoms with Crippen LogP contribution in [0.15, 0.2) is 48.5 Å². The van der Waals surface area contributed by atoms with E-state index in [1.165, 1.54) is 6.07 Å². The van der Waals surface area contributed by atoms with E-state index in [-0.39, 0.29) is 17.1 Å². The molecule has 5 nitrogen and oxygen atoms in total. The molecule has 0 bridgehead atoms. The fourth-order valence-electron chi connectivity index (χ4n) is 3.98.